The standard InChI is InChI=1S/C20H24N2O4/c1-4-25-19(23)18-14(2)17(15(3)22-18)11-8-12-21-20(24)26-13-16-9-6-5-7-10-16/h5-11,22H,4,12-13H2,1-3H3,(H,21,24). The highest BCUT2D eigenvalue weighted by Gasteiger charge is 2.16. The Morgan fingerprint density at radius 3 is 2.58 bits per heavy atom. The number of aryl methyl sites for hydroxylation is 1. The molecular formula is C20H24N2O4. The summed E-state index contributed by atoms with van der Waals surface area (Å²) in [6, 6.07) is 9.49. The molecule has 0 aliphatic carbocycles. The Morgan fingerprint density at radius 2 is 1.88 bits per heavy atom. The third-order valence-corrected chi connectivity index (χ3v) is 3.84. The topological polar surface area (TPSA) is 80.4 Å². The number of benzene rings is 1. The molecule has 6 heteroatoms. The van der Waals surface area contributed by atoms with E-state index >= 15 is 0 Å². The van der Waals surface area contributed by atoms with Gasteiger partial charge in [-0.2, -0.15) is 0 Å². The van der Waals surface area contributed by atoms with Gasteiger partial charge >= 0.3 is 12.1 Å². The van der Waals surface area contributed by atoms with E-state index in [-0.39, 0.29) is 12.6 Å². The Labute approximate surface area is 153 Å². The van der Waals surface area contributed by atoms with Crippen LogP contribution in [0.5, 0.6) is 0 Å². The van der Waals surface area contributed by atoms with Gasteiger partial charge in [-0.05, 0) is 37.5 Å². The van der Waals surface area contributed by atoms with Crippen molar-refractivity contribution in [2.24, 2.45) is 0 Å². The van der Waals surface area contributed by atoms with Gasteiger partial charge in [-0.15, -0.1) is 0 Å². The van der Waals surface area contributed by atoms with Crippen molar-refractivity contribution in [1.82, 2.24) is 10.3 Å². The number of H-pyrrole nitrogens is 1. The number of carbonyl (C=O) groups is 2. The molecule has 26 heavy (non-hydrogen) atoms. The first kappa shape index (κ1) is 19.3. The molecule has 0 bridgehead atoms. The summed E-state index contributed by atoms with van der Waals surface area (Å²) in [7, 11) is 0. The van der Waals surface area contributed by atoms with Crippen molar-refractivity contribution in [3.8, 4) is 0 Å². The van der Waals surface area contributed by atoms with Gasteiger partial charge < -0.3 is 19.8 Å². The minimum absolute atomic E-state index is 0.231. The molecule has 0 aliphatic rings. The van der Waals surface area contributed by atoms with Crippen LogP contribution in [0.3, 0.4) is 0 Å². The highest BCUT2D eigenvalue weighted by molar-refractivity contribution is 5.90. The predicted octanol–water partition coefficient (Wildman–Crippen LogP) is 3.75. The van der Waals surface area contributed by atoms with E-state index < -0.39 is 6.09 Å². The maximum atomic E-state index is 11.9. The lowest BCUT2D eigenvalue weighted by Gasteiger charge is -2.05. The van der Waals surface area contributed by atoms with E-state index in [1.807, 2.05) is 56.3 Å². The third-order valence-electron chi connectivity index (χ3n) is 3.84. The number of carbonyl (C=O) groups excluding carboxylic acids is 2. The van der Waals surface area contributed by atoms with E-state index in [9.17, 15) is 9.59 Å². The molecule has 0 spiro atoms. The summed E-state index contributed by atoms with van der Waals surface area (Å²) in [5.41, 5.74) is 3.99. The Bertz CT molecular complexity index is 779. The third kappa shape index (κ3) is 5.24. The Hall–Kier alpha value is -3.02. The lowest BCUT2D eigenvalue weighted by molar-refractivity contribution is 0.0519. The molecule has 0 fully saturated rings. The number of rotatable bonds is 7. The zero-order valence-electron chi connectivity index (χ0n) is 15.3. The number of hydrogen-bond donors (Lipinski definition) is 2. The maximum Gasteiger partial charge on any atom is 0.407 e. The monoisotopic (exact) mass is 356 g/mol. The lowest BCUT2D eigenvalue weighted by atomic mass is 10.1. The smallest absolute Gasteiger partial charge is 0.407 e. The van der Waals surface area contributed by atoms with Crippen LogP contribution in [-0.4, -0.2) is 30.2 Å². The van der Waals surface area contributed by atoms with Gasteiger partial charge in [-0.25, -0.2) is 9.59 Å². The molecule has 1 heterocycles. The molecule has 0 unspecified atom stereocenters. The number of alkyl carbamates (subject to hydrolysis) is 1. The lowest BCUT2D eigenvalue weighted by Crippen LogP contribution is -2.24. The zero-order valence-corrected chi connectivity index (χ0v) is 15.3. The first-order valence-corrected chi connectivity index (χ1v) is 8.50. The number of nitrogens with one attached hydrogen (secondary N) is 2. The van der Waals surface area contributed by atoms with E-state index in [0.717, 1.165) is 22.4 Å². The van der Waals surface area contributed by atoms with Crippen molar-refractivity contribution < 1.29 is 19.1 Å². The predicted molar refractivity (Wildman–Crippen MR) is 99.9 cm³/mol. The second-order valence-electron chi connectivity index (χ2n) is 5.73. The number of ether oxygens (including phenoxy) is 2. The molecule has 0 saturated carbocycles. The molecule has 1 aromatic carbocycles. The van der Waals surface area contributed by atoms with Crippen LogP contribution in [-0.2, 0) is 16.1 Å². The fraction of sp³-hybridized carbons (Fsp3) is 0.300. The van der Waals surface area contributed by atoms with Crippen LogP contribution in [0.2, 0.25) is 0 Å². The molecule has 2 N–H and O–H groups in total. The molecule has 1 amide bonds. The van der Waals surface area contributed by atoms with Gasteiger partial charge in [0.05, 0.1) is 6.61 Å². The van der Waals surface area contributed by atoms with Crippen LogP contribution in [0.25, 0.3) is 6.08 Å². The van der Waals surface area contributed by atoms with Crippen LogP contribution < -0.4 is 5.32 Å². The van der Waals surface area contributed by atoms with Crippen LogP contribution >= 0.6 is 0 Å². The minimum atomic E-state index is -0.478. The first-order chi connectivity index (χ1) is 12.5. The van der Waals surface area contributed by atoms with Crippen molar-refractivity contribution in [3.05, 3.63) is 64.5 Å². The molecule has 0 atom stereocenters. The van der Waals surface area contributed by atoms with Gasteiger partial charge in [0.25, 0.3) is 0 Å². The molecule has 138 valence electrons. The highest BCUT2D eigenvalue weighted by Crippen LogP contribution is 2.20. The summed E-state index contributed by atoms with van der Waals surface area (Å²) >= 11 is 0. The van der Waals surface area contributed by atoms with Gasteiger partial charge in [0.1, 0.15) is 12.3 Å². The van der Waals surface area contributed by atoms with E-state index in [2.05, 4.69) is 10.3 Å². The van der Waals surface area contributed by atoms with Gasteiger partial charge in [-0.1, -0.05) is 42.5 Å². The summed E-state index contributed by atoms with van der Waals surface area (Å²) in [5, 5.41) is 2.66. The number of aromatic amines is 1. The zero-order chi connectivity index (χ0) is 18.9. The molecule has 0 radical (unpaired) electrons. The van der Waals surface area contributed by atoms with Crippen molar-refractivity contribution in [2.45, 2.75) is 27.4 Å². The molecule has 2 rings (SSSR count). The number of amides is 1. The molecule has 0 aliphatic heterocycles. The molecule has 2 aromatic rings. The fourth-order valence-electron chi connectivity index (χ4n) is 2.52. The molecule has 0 saturated heterocycles. The average Bonchev–Trinajstić information content (AvgIpc) is 2.92. The van der Waals surface area contributed by atoms with E-state index in [1.165, 1.54) is 0 Å². The summed E-state index contributed by atoms with van der Waals surface area (Å²) in [6.07, 6.45) is 3.19. The first-order valence-electron chi connectivity index (χ1n) is 8.50. The van der Waals surface area contributed by atoms with Crippen LogP contribution in [0.15, 0.2) is 36.4 Å². The summed E-state index contributed by atoms with van der Waals surface area (Å²) in [4.78, 5) is 26.6. The Balaban J connectivity index is 1.84. The average molecular weight is 356 g/mol. The summed E-state index contributed by atoms with van der Waals surface area (Å²) in [5.74, 6) is -0.365. The number of hydrogen-bond acceptors (Lipinski definition) is 4. The second kappa shape index (κ2) is 9.46. The van der Waals surface area contributed by atoms with Gasteiger partial charge in [-0.3, -0.25) is 0 Å². The molecule has 6 nitrogen and oxygen atoms in total. The summed E-state index contributed by atoms with van der Waals surface area (Å²) in [6.45, 7) is 6.40. The molecule has 1 aromatic heterocycles. The van der Waals surface area contributed by atoms with Crippen molar-refractivity contribution >= 4 is 18.1 Å². The normalized spacial score (nSPS) is 10.7. The van der Waals surface area contributed by atoms with E-state index in [0.29, 0.717) is 18.8 Å². The maximum absolute atomic E-state index is 11.9. The number of aromatic nitrogens is 1. The largest absolute Gasteiger partial charge is 0.461 e. The highest BCUT2D eigenvalue weighted by atomic mass is 16.5. The van der Waals surface area contributed by atoms with Crippen LogP contribution in [0, 0.1) is 13.8 Å². The van der Waals surface area contributed by atoms with E-state index in [4.69, 9.17) is 9.47 Å². The van der Waals surface area contributed by atoms with Crippen molar-refractivity contribution in [2.75, 3.05) is 13.2 Å². The Morgan fingerprint density at radius 1 is 1.15 bits per heavy atom. The quantitative estimate of drug-likeness (QED) is 0.741. The van der Waals surface area contributed by atoms with Crippen molar-refractivity contribution in [1.29, 1.82) is 0 Å². The van der Waals surface area contributed by atoms with Gasteiger partial charge in [0.2, 0.25) is 0 Å². The van der Waals surface area contributed by atoms with Crippen LogP contribution in [0.1, 0.15) is 39.8 Å². The Kier molecular flexibility index (Phi) is 7.02. The summed E-state index contributed by atoms with van der Waals surface area (Å²) < 4.78 is 10.2. The molecular weight excluding hydrogens is 332 g/mol. The van der Waals surface area contributed by atoms with Gasteiger partial charge in [0.15, 0.2) is 0 Å². The van der Waals surface area contributed by atoms with Crippen molar-refractivity contribution in [3.63, 3.8) is 0 Å². The fourth-order valence-corrected chi connectivity index (χ4v) is 2.52. The number of esters is 1. The minimum Gasteiger partial charge on any atom is -0.461 e. The second-order valence-corrected chi connectivity index (χ2v) is 5.73. The van der Waals surface area contributed by atoms with Gasteiger partial charge in [0, 0.05) is 12.2 Å². The SMILES string of the molecule is CCOC(=O)c1[nH]c(C)c(C=CCNC(=O)OCc2ccccc2)c1C. The van der Waals surface area contributed by atoms with E-state index in [1.54, 1.807) is 6.92 Å². The van der Waals surface area contributed by atoms with Crippen LogP contribution in [0.4, 0.5) is 4.79 Å².